The molecular weight excluding hydrogens is 394 g/mol. The van der Waals surface area contributed by atoms with Crippen LogP contribution >= 0.6 is 11.3 Å². The highest BCUT2D eigenvalue weighted by molar-refractivity contribution is 7.95. The van der Waals surface area contributed by atoms with E-state index in [1.165, 1.54) is 6.07 Å². The molecule has 1 aliphatic rings. The van der Waals surface area contributed by atoms with Crippen LogP contribution < -0.4 is 10.5 Å². The number of thiophene rings is 1. The standard InChI is InChI=1S/C12H19N3O7S3/c1-2-4-14-10-6-8(3-5-22-15(16)17)24(18,19)12-9(10)7-11(23-12)25(13,20)21/h7-8,10,14H,2-6H2,1H3,(H2,13,20,21). The number of nitrogens with zero attached hydrogens (tertiary/aromatic N) is 1. The maximum absolute atomic E-state index is 12.8. The zero-order chi connectivity index (χ0) is 18.8. The van der Waals surface area contributed by atoms with E-state index in [4.69, 9.17) is 5.14 Å². The van der Waals surface area contributed by atoms with E-state index in [0.717, 1.165) is 6.42 Å². The van der Waals surface area contributed by atoms with Gasteiger partial charge in [0.25, 0.3) is 5.09 Å². The van der Waals surface area contributed by atoms with Crippen LogP contribution in [-0.4, -0.2) is 40.3 Å². The molecule has 1 aromatic heterocycles. The smallest absolute Gasteiger partial charge is 0.294 e. The Morgan fingerprint density at radius 3 is 2.76 bits per heavy atom. The van der Waals surface area contributed by atoms with Crippen molar-refractivity contribution in [2.75, 3.05) is 13.2 Å². The van der Waals surface area contributed by atoms with Crippen molar-refractivity contribution in [3.8, 4) is 0 Å². The molecule has 1 aromatic rings. The highest BCUT2D eigenvalue weighted by Crippen LogP contribution is 2.43. The van der Waals surface area contributed by atoms with Gasteiger partial charge in [-0.05, 0) is 31.9 Å². The van der Waals surface area contributed by atoms with E-state index in [1.54, 1.807) is 0 Å². The van der Waals surface area contributed by atoms with Gasteiger partial charge in [-0.3, -0.25) is 0 Å². The van der Waals surface area contributed by atoms with Crippen LogP contribution in [0.2, 0.25) is 0 Å². The summed E-state index contributed by atoms with van der Waals surface area (Å²) >= 11 is 0.614. The van der Waals surface area contributed by atoms with Crippen molar-refractivity contribution >= 4 is 31.2 Å². The van der Waals surface area contributed by atoms with E-state index in [9.17, 15) is 26.9 Å². The van der Waals surface area contributed by atoms with Gasteiger partial charge < -0.3 is 10.2 Å². The largest absolute Gasteiger partial charge is 0.314 e. The third kappa shape index (κ3) is 4.47. The predicted molar refractivity (Wildman–Crippen MR) is 89.9 cm³/mol. The predicted octanol–water partition coefficient (Wildman–Crippen LogP) is 0.581. The molecule has 2 rings (SSSR count). The lowest BCUT2D eigenvalue weighted by Gasteiger charge is -2.29. The molecule has 13 heteroatoms. The Morgan fingerprint density at radius 1 is 1.52 bits per heavy atom. The molecule has 3 N–H and O–H groups in total. The van der Waals surface area contributed by atoms with Crippen molar-refractivity contribution < 1.29 is 26.8 Å². The fraction of sp³-hybridized carbons (Fsp3) is 0.667. The second-order valence-electron chi connectivity index (χ2n) is 5.61. The summed E-state index contributed by atoms with van der Waals surface area (Å²) in [6.07, 6.45) is 0.923. The molecule has 0 saturated heterocycles. The first-order valence-corrected chi connectivity index (χ1v) is 11.4. The van der Waals surface area contributed by atoms with Crippen molar-refractivity contribution in [1.29, 1.82) is 0 Å². The fourth-order valence-corrected chi connectivity index (χ4v) is 7.36. The Hall–Kier alpha value is -1.28. The minimum atomic E-state index is -4.02. The minimum absolute atomic E-state index is 0.0533. The van der Waals surface area contributed by atoms with Crippen LogP contribution in [0.1, 0.15) is 37.8 Å². The molecule has 0 aliphatic carbocycles. The van der Waals surface area contributed by atoms with Gasteiger partial charge in [0.1, 0.15) is 8.42 Å². The van der Waals surface area contributed by atoms with Gasteiger partial charge in [-0.2, -0.15) is 0 Å². The molecule has 25 heavy (non-hydrogen) atoms. The molecule has 2 unspecified atom stereocenters. The summed E-state index contributed by atoms with van der Waals surface area (Å²) in [4.78, 5) is 14.5. The summed E-state index contributed by atoms with van der Waals surface area (Å²) in [6.45, 7) is 2.21. The average molecular weight is 413 g/mol. The molecule has 0 saturated carbocycles. The van der Waals surface area contributed by atoms with E-state index < -0.39 is 30.2 Å². The van der Waals surface area contributed by atoms with Crippen LogP contribution in [0.3, 0.4) is 0 Å². The Kier molecular flexibility index (Phi) is 6.04. The second-order valence-corrected chi connectivity index (χ2v) is 10.9. The number of sulfonamides is 1. The number of fused-ring (bicyclic) bond motifs is 1. The lowest BCUT2D eigenvalue weighted by Crippen LogP contribution is -2.36. The van der Waals surface area contributed by atoms with Crippen LogP contribution in [0.5, 0.6) is 0 Å². The van der Waals surface area contributed by atoms with Gasteiger partial charge in [-0.25, -0.2) is 22.0 Å². The van der Waals surface area contributed by atoms with E-state index in [2.05, 4.69) is 10.2 Å². The molecule has 0 bridgehead atoms. The Balaban J connectivity index is 2.40. The number of hydrogen-bond acceptors (Lipinski definition) is 9. The summed E-state index contributed by atoms with van der Waals surface area (Å²) in [6, 6.07) is 0.926. The van der Waals surface area contributed by atoms with Crippen LogP contribution in [-0.2, 0) is 24.7 Å². The average Bonchev–Trinajstić information content (AvgIpc) is 2.95. The van der Waals surface area contributed by atoms with Gasteiger partial charge in [0.05, 0.1) is 11.9 Å². The first-order chi connectivity index (χ1) is 11.6. The number of nitrogens with one attached hydrogen (secondary N) is 1. The number of rotatable bonds is 8. The fourth-order valence-electron chi connectivity index (χ4n) is 2.68. The normalized spacial score (nSPS) is 22.3. The first-order valence-electron chi connectivity index (χ1n) is 7.48. The molecule has 10 nitrogen and oxygen atoms in total. The van der Waals surface area contributed by atoms with Gasteiger partial charge in [-0.15, -0.1) is 21.5 Å². The highest BCUT2D eigenvalue weighted by Gasteiger charge is 2.41. The summed E-state index contributed by atoms with van der Waals surface area (Å²) in [5.74, 6) is 0. The summed E-state index contributed by atoms with van der Waals surface area (Å²) in [7, 11) is -7.85. The van der Waals surface area contributed by atoms with E-state index in [-0.39, 0.29) is 33.9 Å². The summed E-state index contributed by atoms with van der Waals surface area (Å²) in [5, 5.41) is 16.7. The van der Waals surface area contributed by atoms with Crippen molar-refractivity contribution in [3.63, 3.8) is 0 Å². The third-order valence-corrected chi connectivity index (χ3v) is 9.20. The molecule has 0 radical (unpaired) electrons. The number of nitrogens with two attached hydrogens (primary N) is 1. The summed E-state index contributed by atoms with van der Waals surface area (Å²) in [5.41, 5.74) is 0.383. The lowest BCUT2D eigenvalue weighted by molar-refractivity contribution is -0.757. The quantitative estimate of drug-likeness (QED) is 0.462. The topological polar surface area (TPSA) is 159 Å². The van der Waals surface area contributed by atoms with Gasteiger partial charge in [-0.1, -0.05) is 6.92 Å². The zero-order valence-corrected chi connectivity index (χ0v) is 15.8. The summed E-state index contributed by atoms with van der Waals surface area (Å²) < 4.78 is 48.4. The van der Waals surface area contributed by atoms with Crippen LogP contribution in [0.25, 0.3) is 0 Å². The Morgan fingerprint density at radius 2 is 2.20 bits per heavy atom. The lowest BCUT2D eigenvalue weighted by atomic mass is 10.0. The van der Waals surface area contributed by atoms with Gasteiger partial charge >= 0.3 is 0 Å². The van der Waals surface area contributed by atoms with Crippen molar-refractivity contribution in [1.82, 2.24) is 5.32 Å². The molecule has 1 aliphatic heterocycles. The molecule has 0 aromatic carbocycles. The van der Waals surface area contributed by atoms with Gasteiger partial charge in [0.2, 0.25) is 10.0 Å². The molecule has 142 valence electrons. The maximum Gasteiger partial charge on any atom is 0.294 e. The van der Waals surface area contributed by atoms with Crippen molar-refractivity contribution in [3.05, 3.63) is 21.7 Å². The third-order valence-electron chi connectivity index (χ3n) is 3.83. The number of hydrogen-bond donors (Lipinski definition) is 2. The van der Waals surface area contributed by atoms with E-state index in [0.29, 0.717) is 23.4 Å². The zero-order valence-electron chi connectivity index (χ0n) is 13.4. The van der Waals surface area contributed by atoms with Gasteiger partial charge in [0.15, 0.2) is 9.84 Å². The number of primary sulfonamides is 1. The Bertz CT molecular complexity index is 847. The molecular formula is C12H19N3O7S3. The van der Waals surface area contributed by atoms with Crippen LogP contribution in [0.4, 0.5) is 0 Å². The molecule has 0 fully saturated rings. The van der Waals surface area contributed by atoms with E-state index >= 15 is 0 Å². The molecule has 2 heterocycles. The van der Waals surface area contributed by atoms with Crippen molar-refractivity contribution in [2.24, 2.45) is 5.14 Å². The van der Waals surface area contributed by atoms with Crippen LogP contribution in [0, 0.1) is 10.1 Å². The maximum atomic E-state index is 12.8. The number of sulfone groups is 1. The van der Waals surface area contributed by atoms with Gasteiger partial charge in [0, 0.05) is 11.6 Å². The minimum Gasteiger partial charge on any atom is -0.314 e. The second kappa shape index (κ2) is 7.53. The molecule has 2 atom stereocenters. The van der Waals surface area contributed by atoms with Crippen molar-refractivity contribution in [2.45, 2.75) is 45.9 Å². The molecule has 0 amide bonds. The SMILES string of the molecule is CCCNC1CC(CCO[N+](=O)[O-])S(=O)(=O)c2sc(S(N)(=O)=O)cc21. The van der Waals surface area contributed by atoms with E-state index in [1.807, 2.05) is 6.92 Å². The first kappa shape index (κ1) is 20.0. The highest BCUT2D eigenvalue weighted by atomic mass is 32.3. The van der Waals surface area contributed by atoms with Crippen LogP contribution in [0.15, 0.2) is 14.5 Å². The molecule has 0 spiro atoms. The Labute approximate surface area is 149 Å². The monoisotopic (exact) mass is 413 g/mol.